The Morgan fingerprint density at radius 1 is 1.48 bits per heavy atom. The summed E-state index contributed by atoms with van der Waals surface area (Å²) in [6.07, 6.45) is 0. The molecule has 0 radical (unpaired) electrons. The van der Waals surface area contributed by atoms with E-state index in [0.29, 0.717) is 22.2 Å². The minimum absolute atomic E-state index is 0.0370. The SMILES string of the molecule is COc1c(N)cccc1C(=O)OCc1c(C)nn(C)c1Cl. The van der Waals surface area contributed by atoms with E-state index in [-0.39, 0.29) is 12.2 Å². The number of rotatable bonds is 4. The van der Waals surface area contributed by atoms with Crippen molar-refractivity contribution in [3.8, 4) is 5.75 Å². The Bertz CT molecular complexity index is 682. The Morgan fingerprint density at radius 3 is 2.76 bits per heavy atom. The largest absolute Gasteiger partial charge is 0.494 e. The van der Waals surface area contributed by atoms with Gasteiger partial charge in [-0.05, 0) is 19.1 Å². The number of para-hydroxylation sites is 1. The van der Waals surface area contributed by atoms with Crippen LogP contribution in [-0.2, 0) is 18.4 Å². The molecule has 0 aliphatic rings. The molecule has 0 spiro atoms. The number of nitrogen functional groups attached to an aromatic ring is 1. The van der Waals surface area contributed by atoms with E-state index in [1.807, 2.05) is 0 Å². The highest BCUT2D eigenvalue weighted by atomic mass is 35.5. The highest BCUT2D eigenvalue weighted by Gasteiger charge is 2.18. The number of hydrogen-bond acceptors (Lipinski definition) is 5. The van der Waals surface area contributed by atoms with E-state index in [9.17, 15) is 4.79 Å². The number of esters is 1. The lowest BCUT2D eigenvalue weighted by Crippen LogP contribution is -2.09. The summed E-state index contributed by atoms with van der Waals surface area (Å²) in [5, 5.41) is 4.60. The molecular formula is C14H16ClN3O3. The van der Waals surface area contributed by atoms with Crippen molar-refractivity contribution >= 4 is 23.3 Å². The summed E-state index contributed by atoms with van der Waals surface area (Å²) >= 11 is 6.09. The smallest absolute Gasteiger partial charge is 0.342 e. The second kappa shape index (κ2) is 6.05. The number of halogens is 1. The van der Waals surface area contributed by atoms with Gasteiger partial charge in [0.25, 0.3) is 0 Å². The van der Waals surface area contributed by atoms with Crippen molar-refractivity contribution in [3.63, 3.8) is 0 Å². The summed E-state index contributed by atoms with van der Waals surface area (Å²) in [6, 6.07) is 4.91. The number of anilines is 1. The molecule has 2 N–H and O–H groups in total. The van der Waals surface area contributed by atoms with Crippen LogP contribution in [-0.4, -0.2) is 22.9 Å². The van der Waals surface area contributed by atoms with Crippen LogP contribution in [0.25, 0.3) is 0 Å². The van der Waals surface area contributed by atoms with Gasteiger partial charge in [-0.2, -0.15) is 5.10 Å². The van der Waals surface area contributed by atoms with Gasteiger partial charge < -0.3 is 15.2 Å². The van der Waals surface area contributed by atoms with Crippen molar-refractivity contribution in [2.24, 2.45) is 7.05 Å². The summed E-state index contributed by atoms with van der Waals surface area (Å²) in [4.78, 5) is 12.2. The molecule has 0 aliphatic heterocycles. The second-order valence-corrected chi connectivity index (χ2v) is 4.84. The standard InChI is InChI=1S/C14H16ClN3O3/c1-8-10(13(15)18(2)17-8)7-21-14(19)9-5-4-6-11(16)12(9)20-3/h4-6H,7,16H2,1-3H3. The van der Waals surface area contributed by atoms with E-state index >= 15 is 0 Å². The third-order valence-corrected chi connectivity index (χ3v) is 3.56. The van der Waals surface area contributed by atoms with Crippen LogP contribution >= 0.6 is 11.6 Å². The average Bonchev–Trinajstić information content (AvgIpc) is 2.69. The molecule has 0 unspecified atom stereocenters. The molecular weight excluding hydrogens is 294 g/mol. The maximum atomic E-state index is 12.2. The molecule has 2 rings (SSSR count). The van der Waals surface area contributed by atoms with Crippen LogP contribution in [0.1, 0.15) is 21.6 Å². The van der Waals surface area contributed by atoms with Gasteiger partial charge in [-0.25, -0.2) is 4.79 Å². The molecule has 1 aromatic carbocycles. The Kier molecular flexibility index (Phi) is 4.37. The number of aryl methyl sites for hydroxylation is 2. The van der Waals surface area contributed by atoms with Gasteiger partial charge >= 0.3 is 5.97 Å². The highest BCUT2D eigenvalue weighted by Crippen LogP contribution is 2.27. The summed E-state index contributed by atoms with van der Waals surface area (Å²) in [7, 11) is 3.17. The van der Waals surface area contributed by atoms with Gasteiger partial charge in [0.05, 0.1) is 18.5 Å². The van der Waals surface area contributed by atoms with Gasteiger partial charge in [0.1, 0.15) is 17.3 Å². The molecule has 2 aromatic rings. The van der Waals surface area contributed by atoms with E-state index in [4.69, 9.17) is 26.8 Å². The first-order chi connectivity index (χ1) is 9.95. The number of carbonyl (C=O) groups excluding carboxylic acids is 1. The lowest BCUT2D eigenvalue weighted by Gasteiger charge is -2.10. The molecule has 0 amide bonds. The maximum Gasteiger partial charge on any atom is 0.342 e. The van der Waals surface area contributed by atoms with Crippen LogP contribution in [0.3, 0.4) is 0 Å². The number of hydrogen-bond donors (Lipinski definition) is 1. The van der Waals surface area contributed by atoms with Gasteiger partial charge in [0.15, 0.2) is 5.75 Å². The molecule has 0 aliphatic carbocycles. The molecule has 0 saturated carbocycles. The van der Waals surface area contributed by atoms with E-state index in [1.165, 1.54) is 11.8 Å². The molecule has 0 saturated heterocycles. The normalized spacial score (nSPS) is 10.5. The topological polar surface area (TPSA) is 79.4 Å². The molecule has 1 aromatic heterocycles. The fourth-order valence-corrected chi connectivity index (χ4v) is 2.23. The van der Waals surface area contributed by atoms with Gasteiger partial charge in [0, 0.05) is 12.6 Å². The van der Waals surface area contributed by atoms with Crippen LogP contribution in [0.15, 0.2) is 18.2 Å². The number of carbonyl (C=O) groups is 1. The molecule has 0 atom stereocenters. The minimum Gasteiger partial charge on any atom is -0.494 e. The first-order valence-electron chi connectivity index (χ1n) is 6.23. The maximum absolute atomic E-state index is 12.2. The number of ether oxygens (including phenoxy) is 2. The van der Waals surface area contributed by atoms with Gasteiger partial charge in [0.2, 0.25) is 0 Å². The van der Waals surface area contributed by atoms with Crippen molar-refractivity contribution < 1.29 is 14.3 Å². The molecule has 7 heteroatoms. The monoisotopic (exact) mass is 309 g/mol. The second-order valence-electron chi connectivity index (χ2n) is 4.48. The lowest BCUT2D eigenvalue weighted by molar-refractivity contribution is 0.0468. The van der Waals surface area contributed by atoms with E-state index < -0.39 is 5.97 Å². The summed E-state index contributed by atoms with van der Waals surface area (Å²) in [5.41, 5.74) is 7.81. The van der Waals surface area contributed by atoms with E-state index in [1.54, 1.807) is 32.2 Å². The Hall–Kier alpha value is -2.21. The van der Waals surface area contributed by atoms with Crippen molar-refractivity contribution in [2.45, 2.75) is 13.5 Å². The number of aromatic nitrogens is 2. The van der Waals surface area contributed by atoms with Gasteiger partial charge in [-0.1, -0.05) is 17.7 Å². The van der Waals surface area contributed by atoms with Crippen molar-refractivity contribution in [1.29, 1.82) is 0 Å². The third-order valence-electron chi connectivity index (χ3n) is 3.09. The first-order valence-corrected chi connectivity index (χ1v) is 6.61. The van der Waals surface area contributed by atoms with Crippen LogP contribution in [0, 0.1) is 6.92 Å². The van der Waals surface area contributed by atoms with E-state index in [0.717, 1.165) is 5.69 Å². The Balaban J connectivity index is 2.18. The van der Waals surface area contributed by atoms with Crippen LogP contribution in [0.2, 0.25) is 5.15 Å². The average molecular weight is 310 g/mol. The lowest BCUT2D eigenvalue weighted by atomic mass is 10.1. The van der Waals surface area contributed by atoms with Crippen LogP contribution in [0.5, 0.6) is 5.75 Å². The molecule has 6 nitrogen and oxygen atoms in total. The summed E-state index contributed by atoms with van der Waals surface area (Å²) < 4.78 is 11.9. The van der Waals surface area contributed by atoms with Crippen molar-refractivity contribution in [2.75, 3.05) is 12.8 Å². The van der Waals surface area contributed by atoms with Gasteiger partial charge in [-0.3, -0.25) is 4.68 Å². The fraction of sp³-hybridized carbons (Fsp3) is 0.286. The van der Waals surface area contributed by atoms with E-state index in [2.05, 4.69) is 5.10 Å². The predicted molar refractivity (Wildman–Crippen MR) is 79.5 cm³/mol. The zero-order valence-corrected chi connectivity index (χ0v) is 12.8. The predicted octanol–water partition coefficient (Wildman–Crippen LogP) is 2.33. The summed E-state index contributed by atoms with van der Waals surface area (Å²) in [5.74, 6) is -0.227. The number of methoxy groups -OCH3 is 1. The Morgan fingerprint density at radius 2 is 2.19 bits per heavy atom. The third kappa shape index (κ3) is 2.95. The molecule has 0 fully saturated rings. The Labute approximate surface area is 127 Å². The molecule has 112 valence electrons. The van der Waals surface area contributed by atoms with Crippen LogP contribution in [0.4, 0.5) is 5.69 Å². The van der Waals surface area contributed by atoms with Gasteiger partial charge in [-0.15, -0.1) is 0 Å². The molecule has 1 heterocycles. The van der Waals surface area contributed by atoms with Crippen LogP contribution < -0.4 is 10.5 Å². The highest BCUT2D eigenvalue weighted by molar-refractivity contribution is 6.30. The fourth-order valence-electron chi connectivity index (χ4n) is 2.00. The molecule has 0 bridgehead atoms. The first kappa shape index (κ1) is 15.2. The zero-order valence-electron chi connectivity index (χ0n) is 12.0. The zero-order chi connectivity index (χ0) is 15.6. The quantitative estimate of drug-likeness (QED) is 0.692. The van der Waals surface area contributed by atoms with Crippen molar-refractivity contribution in [1.82, 2.24) is 9.78 Å². The van der Waals surface area contributed by atoms with Crippen molar-refractivity contribution in [3.05, 3.63) is 40.2 Å². The number of nitrogens with two attached hydrogens (primary N) is 1. The molecule has 21 heavy (non-hydrogen) atoms. The number of nitrogens with zero attached hydrogens (tertiary/aromatic N) is 2. The minimum atomic E-state index is -0.529. The number of benzene rings is 1. The summed E-state index contributed by atoms with van der Waals surface area (Å²) in [6.45, 7) is 1.84.